The third kappa shape index (κ3) is 4.81. The molecule has 1 aromatic heterocycles. The summed E-state index contributed by atoms with van der Waals surface area (Å²) < 4.78 is 11.2. The molecule has 1 fully saturated rings. The van der Waals surface area contributed by atoms with Gasteiger partial charge in [0.2, 0.25) is 17.7 Å². The molecule has 6 nitrogen and oxygen atoms in total. The van der Waals surface area contributed by atoms with Crippen LogP contribution in [0.25, 0.3) is 0 Å². The first kappa shape index (κ1) is 17.5. The summed E-state index contributed by atoms with van der Waals surface area (Å²) in [5.74, 6) is 2.79. The number of carbonyl (C=O) groups excluding carboxylic acids is 1. The highest BCUT2D eigenvalue weighted by Gasteiger charge is 2.26. The molecule has 6 heteroatoms. The van der Waals surface area contributed by atoms with Gasteiger partial charge in [-0.2, -0.15) is 0 Å². The van der Waals surface area contributed by atoms with Gasteiger partial charge in [0, 0.05) is 25.8 Å². The predicted octanol–water partition coefficient (Wildman–Crippen LogP) is 2.71. The van der Waals surface area contributed by atoms with Crippen molar-refractivity contribution in [1.29, 1.82) is 0 Å². The highest BCUT2D eigenvalue weighted by atomic mass is 16.5. The molecule has 3 rings (SSSR count). The summed E-state index contributed by atoms with van der Waals surface area (Å²) in [7, 11) is 1.68. The fourth-order valence-electron chi connectivity index (χ4n) is 3.55. The van der Waals surface area contributed by atoms with E-state index >= 15 is 0 Å². The second kappa shape index (κ2) is 8.14. The Hall–Kier alpha value is -2.37. The summed E-state index contributed by atoms with van der Waals surface area (Å²) in [5.41, 5.74) is 1.14. The van der Waals surface area contributed by atoms with E-state index < -0.39 is 0 Å². The number of methoxy groups -OCH3 is 1. The van der Waals surface area contributed by atoms with Gasteiger partial charge in [0.25, 0.3) is 0 Å². The molecule has 0 aliphatic heterocycles. The van der Waals surface area contributed by atoms with Gasteiger partial charge in [-0.3, -0.25) is 4.79 Å². The second-order valence-electron chi connectivity index (χ2n) is 6.68. The summed E-state index contributed by atoms with van der Waals surface area (Å²) in [6.45, 7) is 1.57. The van der Waals surface area contributed by atoms with E-state index in [1.807, 2.05) is 18.2 Å². The second-order valence-corrected chi connectivity index (χ2v) is 6.68. The number of hydrogen-bond acceptors (Lipinski definition) is 5. The van der Waals surface area contributed by atoms with E-state index in [0.29, 0.717) is 24.1 Å². The topological polar surface area (TPSA) is 77.3 Å². The van der Waals surface area contributed by atoms with Crippen molar-refractivity contribution >= 4 is 5.91 Å². The zero-order valence-electron chi connectivity index (χ0n) is 14.8. The monoisotopic (exact) mass is 343 g/mol. The first-order chi connectivity index (χ1) is 12.1. The lowest BCUT2D eigenvalue weighted by Gasteiger charge is -2.10. The van der Waals surface area contributed by atoms with Crippen LogP contribution in [0.1, 0.15) is 43.5 Å². The van der Waals surface area contributed by atoms with Crippen molar-refractivity contribution in [2.24, 2.45) is 5.92 Å². The van der Waals surface area contributed by atoms with Crippen LogP contribution in [-0.4, -0.2) is 29.3 Å². The van der Waals surface area contributed by atoms with E-state index in [1.165, 1.54) is 0 Å². The van der Waals surface area contributed by atoms with Gasteiger partial charge in [0.15, 0.2) is 0 Å². The number of benzene rings is 1. The molecule has 1 N–H and O–H groups in total. The first-order valence-corrected chi connectivity index (χ1v) is 8.84. The molecule has 0 bridgehead atoms. The summed E-state index contributed by atoms with van der Waals surface area (Å²) in [4.78, 5) is 11.1. The van der Waals surface area contributed by atoms with Gasteiger partial charge in [0.05, 0.1) is 7.11 Å². The molecular weight excluding hydrogens is 318 g/mol. The molecule has 0 spiro atoms. The minimum Gasteiger partial charge on any atom is -0.496 e. The molecule has 134 valence electrons. The van der Waals surface area contributed by atoms with Gasteiger partial charge >= 0.3 is 0 Å². The van der Waals surface area contributed by atoms with Crippen LogP contribution in [0.5, 0.6) is 5.75 Å². The molecule has 0 saturated heterocycles. The maximum absolute atomic E-state index is 11.1. The number of nitrogens with one attached hydrogen (secondary N) is 1. The van der Waals surface area contributed by atoms with Crippen LogP contribution < -0.4 is 10.1 Å². The van der Waals surface area contributed by atoms with E-state index in [9.17, 15) is 4.79 Å². The molecule has 25 heavy (non-hydrogen) atoms. The standard InChI is InChI=1S/C19H25N3O3/c1-13(23)20-16-9-7-14(11-16)12-19-22-21-18(25-19)10-8-15-5-3-4-6-17(15)24-2/h3-6,14,16H,7-12H2,1-2H3,(H,20,23)/t14-,16+/m1/s1. The molecule has 0 unspecified atom stereocenters. The predicted molar refractivity (Wildman–Crippen MR) is 93.3 cm³/mol. The number of aryl methyl sites for hydroxylation is 2. The van der Waals surface area contributed by atoms with Crippen LogP contribution in [0.2, 0.25) is 0 Å². The maximum atomic E-state index is 11.1. The third-order valence-corrected chi connectivity index (χ3v) is 4.72. The van der Waals surface area contributed by atoms with E-state index in [-0.39, 0.29) is 11.9 Å². The number of aromatic nitrogens is 2. The van der Waals surface area contributed by atoms with Crippen molar-refractivity contribution in [3.63, 3.8) is 0 Å². The average Bonchev–Trinajstić information content (AvgIpc) is 3.22. The number of ether oxygens (including phenoxy) is 1. The van der Waals surface area contributed by atoms with E-state index in [2.05, 4.69) is 21.6 Å². The SMILES string of the molecule is COc1ccccc1CCc1nnc(C[C@@H]2CC[C@H](NC(C)=O)C2)o1. The fraction of sp³-hybridized carbons (Fsp3) is 0.526. The number of rotatable bonds is 7. The lowest BCUT2D eigenvalue weighted by atomic mass is 10.0. The van der Waals surface area contributed by atoms with Crippen LogP contribution in [0.3, 0.4) is 0 Å². The normalized spacial score (nSPS) is 19.8. The van der Waals surface area contributed by atoms with Crippen molar-refractivity contribution < 1.29 is 13.9 Å². The molecule has 1 aliphatic rings. The highest BCUT2D eigenvalue weighted by Crippen LogP contribution is 2.28. The molecule has 0 radical (unpaired) electrons. The summed E-state index contributed by atoms with van der Waals surface area (Å²) in [6, 6.07) is 8.26. The number of nitrogens with zero attached hydrogens (tertiary/aromatic N) is 2. The Labute approximate surface area is 148 Å². The van der Waals surface area contributed by atoms with Crippen molar-refractivity contribution in [3.8, 4) is 5.75 Å². The first-order valence-electron chi connectivity index (χ1n) is 8.84. The minimum absolute atomic E-state index is 0.0436. The molecule has 1 heterocycles. The maximum Gasteiger partial charge on any atom is 0.217 e. The minimum atomic E-state index is 0.0436. The zero-order valence-corrected chi connectivity index (χ0v) is 14.8. The Balaban J connectivity index is 1.50. The Morgan fingerprint density at radius 2 is 2.04 bits per heavy atom. The third-order valence-electron chi connectivity index (χ3n) is 4.72. The largest absolute Gasteiger partial charge is 0.496 e. The van der Waals surface area contributed by atoms with Gasteiger partial charge in [-0.15, -0.1) is 10.2 Å². The lowest BCUT2D eigenvalue weighted by molar-refractivity contribution is -0.119. The molecule has 1 amide bonds. The van der Waals surface area contributed by atoms with Crippen molar-refractivity contribution in [2.75, 3.05) is 7.11 Å². The Kier molecular flexibility index (Phi) is 5.68. The zero-order chi connectivity index (χ0) is 17.6. The van der Waals surface area contributed by atoms with Gasteiger partial charge in [-0.25, -0.2) is 0 Å². The highest BCUT2D eigenvalue weighted by molar-refractivity contribution is 5.73. The smallest absolute Gasteiger partial charge is 0.217 e. The van der Waals surface area contributed by atoms with Gasteiger partial charge in [0.1, 0.15) is 5.75 Å². The average molecular weight is 343 g/mol. The summed E-state index contributed by atoms with van der Waals surface area (Å²) >= 11 is 0. The van der Waals surface area contributed by atoms with Crippen molar-refractivity contribution in [2.45, 2.75) is 51.5 Å². The van der Waals surface area contributed by atoms with E-state index in [1.54, 1.807) is 14.0 Å². The van der Waals surface area contributed by atoms with E-state index in [4.69, 9.17) is 9.15 Å². The van der Waals surface area contributed by atoms with Crippen LogP contribution in [0.4, 0.5) is 0 Å². The number of amides is 1. The lowest BCUT2D eigenvalue weighted by Crippen LogP contribution is -2.30. The van der Waals surface area contributed by atoms with Gasteiger partial charge in [-0.05, 0) is 43.2 Å². The van der Waals surface area contributed by atoms with Gasteiger partial charge < -0.3 is 14.5 Å². The Morgan fingerprint density at radius 1 is 1.24 bits per heavy atom. The molecular formula is C19H25N3O3. The summed E-state index contributed by atoms with van der Waals surface area (Å²) in [6.07, 6.45) is 5.39. The number of hydrogen-bond donors (Lipinski definition) is 1. The van der Waals surface area contributed by atoms with Gasteiger partial charge in [-0.1, -0.05) is 18.2 Å². The van der Waals surface area contributed by atoms with Crippen molar-refractivity contribution in [3.05, 3.63) is 41.6 Å². The van der Waals surface area contributed by atoms with Crippen LogP contribution >= 0.6 is 0 Å². The fourth-order valence-corrected chi connectivity index (χ4v) is 3.55. The Morgan fingerprint density at radius 3 is 2.84 bits per heavy atom. The molecule has 2 atom stereocenters. The molecule has 1 aromatic carbocycles. The molecule has 2 aromatic rings. The summed E-state index contributed by atoms with van der Waals surface area (Å²) in [5, 5.41) is 11.3. The van der Waals surface area contributed by atoms with Crippen LogP contribution in [0.15, 0.2) is 28.7 Å². The number of carbonyl (C=O) groups is 1. The van der Waals surface area contributed by atoms with Crippen LogP contribution in [-0.2, 0) is 24.1 Å². The van der Waals surface area contributed by atoms with E-state index in [0.717, 1.165) is 43.4 Å². The van der Waals surface area contributed by atoms with Crippen molar-refractivity contribution in [1.82, 2.24) is 15.5 Å². The molecule has 1 aliphatic carbocycles. The quantitative estimate of drug-likeness (QED) is 0.836. The molecule has 1 saturated carbocycles. The number of para-hydroxylation sites is 1. The van der Waals surface area contributed by atoms with Crippen LogP contribution in [0, 0.1) is 5.92 Å². The Bertz CT molecular complexity index is 713.